The zero-order valence-electron chi connectivity index (χ0n) is 17.7. The lowest BCUT2D eigenvalue weighted by atomic mass is 10.1. The number of amides is 1. The second-order valence-corrected chi connectivity index (χ2v) is 8.00. The topological polar surface area (TPSA) is 62.5 Å². The smallest absolute Gasteiger partial charge is 0.270 e. The predicted octanol–water partition coefficient (Wildman–Crippen LogP) is 4.03. The second-order valence-electron chi connectivity index (χ2n) is 8.00. The van der Waals surface area contributed by atoms with Crippen LogP contribution in [0.2, 0.25) is 0 Å². The van der Waals surface area contributed by atoms with Crippen LogP contribution in [0.5, 0.6) is 0 Å². The van der Waals surface area contributed by atoms with E-state index in [1.165, 1.54) is 25.0 Å². The molecule has 1 amide bonds. The monoisotopic (exact) mass is 429 g/mol. The Morgan fingerprint density at radius 1 is 0.969 bits per heavy atom. The van der Waals surface area contributed by atoms with Crippen molar-refractivity contribution in [2.45, 2.75) is 12.8 Å². The van der Waals surface area contributed by atoms with Gasteiger partial charge in [-0.2, -0.15) is 5.10 Å². The molecule has 0 atom stereocenters. The first kappa shape index (κ1) is 20.3. The van der Waals surface area contributed by atoms with Crippen LogP contribution in [0.1, 0.15) is 23.3 Å². The van der Waals surface area contributed by atoms with E-state index in [1.54, 1.807) is 22.7 Å². The van der Waals surface area contributed by atoms with E-state index in [-0.39, 0.29) is 11.7 Å². The van der Waals surface area contributed by atoms with Gasteiger partial charge in [0, 0.05) is 30.3 Å². The fourth-order valence-electron chi connectivity index (χ4n) is 4.09. The minimum absolute atomic E-state index is 0.225. The molecular weight excluding hydrogens is 405 g/mol. The highest BCUT2D eigenvalue weighted by molar-refractivity contribution is 5.94. The molecule has 5 rings (SSSR count). The summed E-state index contributed by atoms with van der Waals surface area (Å²) in [6.45, 7) is 3.59. The first-order chi connectivity index (χ1) is 15.7. The number of nitrogens with one attached hydrogen (secondary N) is 1. The standard InChI is InChI=1S/C25H24FN5O/c26-20-10-8-19(9-11-20)23-16-22(25(32)27-12-15-30-13-4-5-14-30)28-24-17-21(29-31(23)24)18-6-2-1-3-7-18/h1-3,6-11,16-17H,4-5,12-15H2,(H,27,32). The number of halogens is 1. The Bertz CT molecular complexity index is 1230. The molecule has 1 aliphatic rings. The number of benzene rings is 2. The summed E-state index contributed by atoms with van der Waals surface area (Å²) >= 11 is 0. The van der Waals surface area contributed by atoms with E-state index in [4.69, 9.17) is 5.10 Å². The summed E-state index contributed by atoms with van der Waals surface area (Å²) in [4.78, 5) is 19.8. The summed E-state index contributed by atoms with van der Waals surface area (Å²) in [5.74, 6) is -0.540. The molecule has 6 nitrogen and oxygen atoms in total. The van der Waals surface area contributed by atoms with E-state index in [1.807, 2.05) is 36.4 Å². The molecule has 1 saturated heterocycles. The molecule has 0 saturated carbocycles. The first-order valence-corrected chi connectivity index (χ1v) is 10.9. The van der Waals surface area contributed by atoms with Gasteiger partial charge in [0.05, 0.1) is 11.4 Å². The zero-order chi connectivity index (χ0) is 21.9. The molecule has 2 aromatic heterocycles. The van der Waals surface area contributed by atoms with Crippen molar-refractivity contribution in [1.29, 1.82) is 0 Å². The Morgan fingerprint density at radius 2 is 1.72 bits per heavy atom. The van der Waals surface area contributed by atoms with Crippen LogP contribution in [0.3, 0.4) is 0 Å². The highest BCUT2D eigenvalue weighted by Gasteiger charge is 2.17. The van der Waals surface area contributed by atoms with Gasteiger partial charge in [0.25, 0.3) is 5.91 Å². The SMILES string of the molecule is O=C(NCCN1CCCC1)c1cc(-c2ccc(F)cc2)n2nc(-c3ccccc3)cc2n1. The van der Waals surface area contributed by atoms with Crippen LogP contribution >= 0.6 is 0 Å². The van der Waals surface area contributed by atoms with Gasteiger partial charge >= 0.3 is 0 Å². The largest absolute Gasteiger partial charge is 0.349 e. The normalized spacial score (nSPS) is 14.2. The van der Waals surface area contributed by atoms with E-state index in [0.717, 1.165) is 36.5 Å². The van der Waals surface area contributed by atoms with Crippen molar-refractivity contribution in [3.63, 3.8) is 0 Å². The molecule has 4 aromatic rings. The Kier molecular flexibility index (Phi) is 5.64. The van der Waals surface area contributed by atoms with Crippen LogP contribution in [0, 0.1) is 5.82 Å². The van der Waals surface area contributed by atoms with E-state index in [9.17, 15) is 9.18 Å². The number of carbonyl (C=O) groups is 1. The molecule has 0 aliphatic carbocycles. The summed E-state index contributed by atoms with van der Waals surface area (Å²) in [6.07, 6.45) is 2.44. The minimum atomic E-state index is -0.315. The number of carbonyl (C=O) groups excluding carboxylic acids is 1. The molecule has 0 unspecified atom stereocenters. The third kappa shape index (κ3) is 4.24. The Labute approximate surface area is 185 Å². The maximum atomic E-state index is 13.5. The van der Waals surface area contributed by atoms with Gasteiger partial charge in [0.1, 0.15) is 11.5 Å². The Morgan fingerprint density at radius 3 is 2.47 bits per heavy atom. The van der Waals surface area contributed by atoms with Crippen molar-refractivity contribution in [1.82, 2.24) is 24.8 Å². The number of fused-ring (bicyclic) bond motifs is 1. The van der Waals surface area contributed by atoms with Gasteiger partial charge in [-0.05, 0) is 56.3 Å². The number of aromatic nitrogens is 3. The van der Waals surface area contributed by atoms with Crippen molar-refractivity contribution in [3.05, 3.63) is 78.2 Å². The number of hydrogen-bond donors (Lipinski definition) is 1. The summed E-state index contributed by atoms with van der Waals surface area (Å²) in [6, 6.07) is 19.6. The van der Waals surface area contributed by atoms with Gasteiger partial charge in [-0.3, -0.25) is 4.79 Å². The van der Waals surface area contributed by atoms with Gasteiger partial charge in [-0.15, -0.1) is 0 Å². The zero-order valence-corrected chi connectivity index (χ0v) is 17.7. The van der Waals surface area contributed by atoms with Crippen molar-refractivity contribution in [3.8, 4) is 22.5 Å². The summed E-state index contributed by atoms with van der Waals surface area (Å²) < 4.78 is 15.2. The summed E-state index contributed by atoms with van der Waals surface area (Å²) in [5.41, 5.74) is 4.04. The average Bonchev–Trinajstić information content (AvgIpc) is 3.49. The Hall–Kier alpha value is -3.58. The molecule has 1 aliphatic heterocycles. The number of likely N-dealkylation sites (tertiary alicyclic amines) is 1. The van der Waals surface area contributed by atoms with Gasteiger partial charge in [-0.1, -0.05) is 30.3 Å². The summed E-state index contributed by atoms with van der Waals surface area (Å²) in [7, 11) is 0. The van der Waals surface area contributed by atoms with E-state index >= 15 is 0 Å². The predicted molar refractivity (Wildman–Crippen MR) is 122 cm³/mol. The third-order valence-corrected chi connectivity index (χ3v) is 5.78. The number of hydrogen-bond acceptors (Lipinski definition) is 4. The quantitative estimate of drug-likeness (QED) is 0.503. The van der Waals surface area contributed by atoms with Crippen LogP contribution in [0.15, 0.2) is 66.7 Å². The van der Waals surface area contributed by atoms with Gasteiger partial charge in [0.2, 0.25) is 0 Å². The van der Waals surface area contributed by atoms with Gasteiger partial charge < -0.3 is 10.2 Å². The molecule has 0 spiro atoms. The average molecular weight is 429 g/mol. The highest BCUT2D eigenvalue weighted by Crippen LogP contribution is 2.25. The van der Waals surface area contributed by atoms with Crippen LogP contribution in [0.25, 0.3) is 28.2 Å². The van der Waals surface area contributed by atoms with Gasteiger partial charge in [-0.25, -0.2) is 13.9 Å². The van der Waals surface area contributed by atoms with E-state index in [0.29, 0.717) is 23.6 Å². The third-order valence-electron chi connectivity index (χ3n) is 5.78. The lowest BCUT2D eigenvalue weighted by Crippen LogP contribution is -2.34. The number of rotatable bonds is 6. The molecule has 32 heavy (non-hydrogen) atoms. The van der Waals surface area contributed by atoms with Crippen molar-refractivity contribution < 1.29 is 9.18 Å². The van der Waals surface area contributed by atoms with Crippen LogP contribution in [0.4, 0.5) is 4.39 Å². The lowest BCUT2D eigenvalue weighted by molar-refractivity contribution is 0.0945. The molecule has 1 N–H and O–H groups in total. The number of nitrogens with zero attached hydrogens (tertiary/aromatic N) is 4. The fraction of sp³-hybridized carbons (Fsp3) is 0.240. The minimum Gasteiger partial charge on any atom is -0.349 e. The molecular formula is C25H24FN5O. The van der Waals surface area contributed by atoms with Crippen LogP contribution < -0.4 is 5.32 Å². The highest BCUT2D eigenvalue weighted by atomic mass is 19.1. The van der Waals surface area contributed by atoms with E-state index in [2.05, 4.69) is 15.2 Å². The molecule has 0 radical (unpaired) electrons. The molecule has 1 fully saturated rings. The maximum Gasteiger partial charge on any atom is 0.270 e. The van der Waals surface area contributed by atoms with Crippen molar-refractivity contribution in [2.75, 3.05) is 26.2 Å². The molecule has 7 heteroatoms. The van der Waals surface area contributed by atoms with E-state index < -0.39 is 0 Å². The molecule has 0 bridgehead atoms. The molecule has 2 aromatic carbocycles. The lowest BCUT2D eigenvalue weighted by Gasteiger charge is -2.14. The molecule has 3 heterocycles. The van der Waals surface area contributed by atoms with Gasteiger partial charge in [0.15, 0.2) is 5.65 Å². The maximum absolute atomic E-state index is 13.5. The van der Waals surface area contributed by atoms with Crippen LogP contribution in [-0.4, -0.2) is 51.6 Å². The second kappa shape index (κ2) is 8.88. The van der Waals surface area contributed by atoms with Crippen molar-refractivity contribution in [2.24, 2.45) is 0 Å². The van der Waals surface area contributed by atoms with Crippen molar-refractivity contribution >= 4 is 11.6 Å². The van der Waals surface area contributed by atoms with Crippen LogP contribution in [-0.2, 0) is 0 Å². The summed E-state index contributed by atoms with van der Waals surface area (Å²) in [5, 5.41) is 7.70. The Balaban J connectivity index is 1.50. The first-order valence-electron chi connectivity index (χ1n) is 10.9. The molecule has 162 valence electrons. The fourth-order valence-corrected chi connectivity index (χ4v) is 4.09.